The van der Waals surface area contributed by atoms with Crippen molar-refractivity contribution in [2.24, 2.45) is 5.92 Å². The predicted molar refractivity (Wildman–Crippen MR) is 88.2 cm³/mol. The fourth-order valence-electron chi connectivity index (χ4n) is 3.05. The van der Waals surface area contributed by atoms with Crippen LogP contribution >= 0.6 is 0 Å². The minimum absolute atomic E-state index is 0.00293. The van der Waals surface area contributed by atoms with E-state index in [0.29, 0.717) is 6.54 Å². The molecule has 3 rings (SSSR count). The second-order valence-corrected chi connectivity index (χ2v) is 6.55. The summed E-state index contributed by atoms with van der Waals surface area (Å²) in [6.07, 6.45) is 3.34. The highest BCUT2D eigenvalue weighted by atomic mass is 16.2. The fraction of sp³-hybridized carbons (Fsp3) is 0.412. The van der Waals surface area contributed by atoms with Gasteiger partial charge in [0.25, 0.3) is 0 Å². The summed E-state index contributed by atoms with van der Waals surface area (Å²) in [7, 11) is 1.75. The molecule has 24 heavy (non-hydrogen) atoms. The van der Waals surface area contributed by atoms with E-state index in [-0.39, 0.29) is 24.2 Å². The van der Waals surface area contributed by atoms with Crippen molar-refractivity contribution in [2.75, 3.05) is 7.05 Å². The zero-order valence-electron chi connectivity index (χ0n) is 14.1. The lowest BCUT2D eigenvalue weighted by Gasteiger charge is -2.32. The van der Waals surface area contributed by atoms with Crippen molar-refractivity contribution in [1.82, 2.24) is 25.0 Å². The van der Waals surface area contributed by atoms with E-state index < -0.39 is 5.54 Å². The number of carbonyl (C=O) groups is 2. The van der Waals surface area contributed by atoms with Gasteiger partial charge in [-0.25, -0.2) is 9.67 Å². The van der Waals surface area contributed by atoms with Gasteiger partial charge in [-0.2, -0.15) is 5.10 Å². The molecule has 1 atom stereocenters. The Morgan fingerprint density at radius 2 is 2.12 bits per heavy atom. The Kier molecular flexibility index (Phi) is 4.09. The summed E-state index contributed by atoms with van der Waals surface area (Å²) < 4.78 is 1.66. The summed E-state index contributed by atoms with van der Waals surface area (Å²) in [5, 5.41) is 7.10. The van der Waals surface area contributed by atoms with Crippen molar-refractivity contribution < 1.29 is 9.59 Å². The quantitative estimate of drug-likeness (QED) is 0.913. The van der Waals surface area contributed by atoms with Gasteiger partial charge in [0.05, 0.1) is 11.6 Å². The SMILES string of the molecule is CN1C(=O)CC(C(=O)NCc2ccccc2-n2cncn2)C1(C)C. The molecule has 1 aromatic heterocycles. The van der Waals surface area contributed by atoms with E-state index in [1.54, 1.807) is 23.0 Å². The van der Waals surface area contributed by atoms with E-state index in [4.69, 9.17) is 0 Å². The number of likely N-dealkylation sites (tertiary alicyclic amines) is 1. The van der Waals surface area contributed by atoms with Crippen molar-refractivity contribution in [2.45, 2.75) is 32.4 Å². The lowest BCUT2D eigenvalue weighted by molar-refractivity contribution is -0.128. The van der Waals surface area contributed by atoms with Crippen LogP contribution in [0.1, 0.15) is 25.8 Å². The highest BCUT2D eigenvalue weighted by molar-refractivity contribution is 5.90. The summed E-state index contributed by atoms with van der Waals surface area (Å²) in [4.78, 5) is 30.1. The van der Waals surface area contributed by atoms with Gasteiger partial charge in [0, 0.05) is 25.6 Å². The van der Waals surface area contributed by atoms with Crippen LogP contribution in [0.3, 0.4) is 0 Å². The molecule has 1 aromatic carbocycles. The average Bonchev–Trinajstić information content (AvgIpc) is 3.16. The standard InChI is InChI=1S/C17H21N5O2/c1-17(2)13(8-15(23)21(17)3)16(24)19-9-12-6-4-5-7-14(12)22-11-18-10-20-22/h4-7,10-11,13H,8-9H2,1-3H3,(H,19,24). The first-order chi connectivity index (χ1) is 11.4. The smallest absolute Gasteiger partial charge is 0.226 e. The van der Waals surface area contributed by atoms with Crippen LogP contribution in [0.25, 0.3) is 5.69 Å². The van der Waals surface area contributed by atoms with Crippen molar-refractivity contribution in [3.05, 3.63) is 42.5 Å². The van der Waals surface area contributed by atoms with Crippen LogP contribution in [0, 0.1) is 5.92 Å². The lowest BCUT2D eigenvalue weighted by atomic mass is 9.88. The number of nitrogens with zero attached hydrogens (tertiary/aromatic N) is 4. The zero-order valence-corrected chi connectivity index (χ0v) is 14.1. The first-order valence-corrected chi connectivity index (χ1v) is 7.88. The molecule has 1 unspecified atom stereocenters. The van der Waals surface area contributed by atoms with Gasteiger partial charge in [0.15, 0.2) is 0 Å². The van der Waals surface area contributed by atoms with Gasteiger partial charge < -0.3 is 10.2 Å². The summed E-state index contributed by atoms with van der Waals surface area (Å²) >= 11 is 0. The first-order valence-electron chi connectivity index (χ1n) is 7.88. The molecule has 7 nitrogen and oxygen atoms in total. The Labute approximate surface area is 140 Å². The van der Waals surface area contributed by atoms with E-state index in [9.17, 15) is 9.59 Å². The van der Waals surface area contributed by atoms with E-state index in [0.717, 1.165) is 11.3 Å². The Hall–Kier alpha value is -2.70. The van der Waals surface area contributed by atoms with Crippen LogP contribution < -0.4 is 5.32 Å². The summed E-state index contributed by atoms with van der Waals surface area (Å²) in [5.74, 6) is -0.456. The number of carbonyl (C=O) groups excluding carboxylic acids is 2. The normalized spacial score (nSPS) is 19.5. The second kappa shape index (κ2) is 6.07. The molecule has 0 spiro atoms. The summed E-state index contributed by atoms with van der Waals surface area (Å²) in [6.45, 7) is 4.22. The minimum atomic E-state index is -0.480. The molecule has 1 N–H and O–H groups in total. The van der Waals surface area contributed by atoms with Gasteiger partial charge in [0.2, 0.25) is 11.8 Å². The Balaban J connectivity index is 1.73. The van der Waals surface area contributed by atoms with Crippen LogP contribution in [0.5, 0.6) is 0 Å². The van der Waals surface area contributed by atoms with Crippen LogP contribution in [0.4, 0.5) is 0 Å². The van der Waals surface area contributed by atoms with Crippen LogP contribution in [0.2, 0.25) is 0 Å². The third-order valence-electron chi connectivity index (χ3n) is 4.90. The lowest BCUT2D eigenvalue weighted by Crippen LogP contribution is -2.46. The molecule has 0 saturated carbocycles. The van der Waals surface area contributed by atoms with Gasteiger partial charge in [-0.05, 0) is 25.5 Å². The molecule has 1 fully saturated rings. The molecule has 0 aliphatic carbocycles. The topological polar surface area (TPSA) is 80.1 Å². The Bertz CT molecular complexity index is 754. The van der Waals surface area contributed by atoms with Gasteiger partial charge in [0.1, 0.15) is 12.7 Å². The number of amides is 2. The van der Waals surface area contributed by atoms with Crippen molar-refractivity contribution in [3.8, 4) is 5.69 Å². The monoisotopic (exact) mass is 327 g/mol. The van der Waals surface area contributed by atoms with E-state index in [1.807, 2.05) is 38.1 Å². The number of aromatic nitrogens is 3. The van der Waals surface area contributed by atoms with Crippen molar-refractivity contribution in [1.29, 1.82) is 0 Å². The molecular weight excluding hydrogens is 306 g/mol. The van der Waals surface area contributed by atoms with Gasteiger partial charge in [-0.15, -0.1) is 0 Å². The largest absolute Gasteiger partial charge is 0.352 e. The number of para-hydroxylation sites is 1. The number of hydrogen-bond acceptors (Lipinski definition) is 4. The predicted octanol–water partition coefficient (Wildman–Crippen LogP) is 1.14. The van der Waals surface area contributed by atoms with Crippen LogP contribution in [-0.2, 0) is 16.1 Å². The average molecular weight is 327 g/mol. The zero-order chi connectivity index (χ0) is 17.3. The molecule has 2 amide bonds. The molecule has 0 radical (unpaired) electrons. The van der Waals surface area contributed by atoms with E-state index in [1.165, 1.54) is 6.33 Å². The molecule has 1 aliphatic heterocycles. The maximum absolute atomic E-state index is 12.6. The van der Waals surface area contributed by atoms with Crippen LogP contribution in [0.15, 0.2) is 36.9 Å². The fourth-order valence-corrected chi connectivity index (χ4v) is 3.05. The molecule has 126 valence electrons. The Morgan fingerprint density at radius 1 is 1.38 bits per heavy atom. The minimum Gasteiger partial charge on any atom is -0.352 e. The van der Waals surface area contributed by atoms with Gasteiger partial charge in [-0.1, -0.05) is 18.2 Å². The molecule has 7 heteroatoms. The number of benzene rings is 1. The highest BCUT2D eigenvalue weighted by Gasteiger charge is 2.47. The van der Waals surface area contributed by atoms with Gasteiger partial charge >= 0.3 is 0 Å². The molecule has 1 saturated heterocycles. The maximum Gasteiger partial charge on any atom is 0.226 e. The van der Waals surface area contributed by atoms with Crippen molar-refractivity contribution in [3.63, 3.8) is 0 Å². The first kappa shape index (κ1) is 16.2. The van der Waals surface area contributed by atoms with E-state index >= 15 is 0 Å². The summed E-state index contributed by atoms with van der Waals surface area (Å²) in [5.41, 5.74) is 1.33. The Morgan fingerprint density at radius 3 is 2.75 bits per heavy atom. The summed E-state index contributed by atoms with van der Waals surface area (Å²) in [6, 6.07) is 7.69. The maximum atomic E-state index is 12.6. The molecule has 2 aromatic rings. The van der Waals surface area contributed by atoms with Crippen LogP contribution in [-0.4, -0.2) is 44.1 Å². The van der Waals surface area contributed by atoms with Crippen molar-refractivity contribution >= 4 is 11.8 Å². The highest BCUT2D eigenvalue weighted by Crippen LogP contribution is 2.34. The molecular formula is C17H21N5O2. The third kappa shape index (κ3) is 2.77. The molecule has 0 bridgehead atoms. The third-order valence-corrected chi connectivity index (χ3v) is 4.90. The van der Waals surface area contributed by atoms with E-state index in [2.05, 4.69) is 15.4 Å². The number of nitrogens with one attached hydrogen (secondary N) is 1. The molecule has 2 heterocycles. The van der Waals surface area contributed by atoms with Gasteiger partial charge in [-0.3, -0.25) is 9.59 Å². The second-order valence-electron chi connectivity index (χ2n) is 6.55. The number of rotatable bonds is 4. The number of hydrogen-bond donors (Lipinski definition) is 1. The molecule has 1 aliphatic rings.